The van der Waals surface area contributed by atoms with Crippen molar-refractivity contribution < 1.29 is 14.4 Å². The summed E-state index contributed by atoms with van der Waals surface area (Å²) in [6.45, 7) is 0.0902. The number of nitrogens with one attached hydrogen (secondary N) is 1. The largest absolute Gasteiger partial charge is 0.396 e. The first-order chi connectivity index (χ1) is 11.9. The van der Waals surface area contributed by atoms with Crippen molar-refractivity contribution in [1.29, 1.82) is 0 Å². The fourth-order valence-corrected chi connectivity index (χ4v) is 4.03. The molecular weight excluding hydrogens is 365 g/mol. The molecule has 2 aliphatic rings. The normalized spacial score (nSPS) is 22.9. The van der Waals surface area contributed by atoms with Crippen molar-refractivity contribution in [1.82, 2.24) is 4.90 Å². The maximum absolute atomic E-state index is 12.4. The molecule has 0 radical (unpaired) electrons. The van der Waals surface area contributed by atoms with Gasteiger partial charge in [-0.25, -0.2) is 0 Å². The average molecular weight is 384 g/mol. The molecule has 1 aliphatic heterocycles. The predicted molar refractivity (Wildman–Crippen MR) is 96.3 cm³/mol. The minimum Gasteiger partial charge on any atom is -0.396 e. The van der Waals surface area contributed by atoms with E-state index in [4.69, 9.17) is 28.9 Å². The van der Waals surface area contributed by atoms with E-state index in [0.29, 0.717) is 5.69 Å². The summed E-state index contributed by atoms with van der Waals surface area (Å²) < 4.78 is 0. The van der Waals surface area contributed by atoms with Crippen LogP contribution >= 0.6 is 23.2 Å². The molecule has 3 amide bonds. The van der Waals surface area contributed by atoms with Crippen LogP contribution in [-0.2, 0) is 14.4 Å². The first-order valence-corrected chi connectivity index (χ1v) is 9.03. The summed E-state index contributed by atoms with van der Waals surface area (Å²) in [4.78, 5) is 38.1. The Morgan fingerprint density at radius 3 is 2.16 bits per heavy atom. The number of nitrogens with zero attached hydrogens (tertiary/aromatic N) is 1. The summed E-state index contributed by atoms with van der Waals surface area (Å²) in [6.07, 6.45) is 3.51. The summed E-state index contributed by atoms with van der Waals surface area (Å²) in [7, 11) is 0. The summed E-state index contributed by atoms with van der Waals surface area (Å²) in [5.41, 5.74) is 6.32. The molecule has 1 aliphatic carbocycles. The number of benzene rings is 1. The lowest BCUT2D eigenvalue weighted by Gasteiger charge is -2.19. The highest BCUT2D eigenvalue weighted by Gasteiger charge is 2.47. The molecule has 2 fully saturated rings. The monoisotopic (exact) mass is 383 g/mol. The smallest absolute Gasteiger partial charge is 0.233 e. The molecule has 0 bridgehead atoms. The standard InChI is InChI=1S/C17H19Cl2N3O3/c18-12-7-9(8-13(19)15(12)20)21-14(23)5-6-22-16(24)10-3-1-2-4-11(10)17(22)25/h7-8,10-11H,1-6,20H2,(H,21,23)/t10-,11-/m1/s1. The molecule has 2 atom stereocenters. The summed E-state index contributed by atoms with van der Waals surface area (Å²) in [6, 6.07) is 3.00. The number of halogens is 2. The molecule has 134 valence electrons. The summed E-state index contributed by atoms with van der Waals surface area (Å²) >= 11 is 11.9. The number of rotatable bonds is 4. The molecule has 6 nitrogen and oxygen atoms in total. The van der Waals surface area contributed by atoms with E-state index in [2.05, 4.69) is 5.32 Å². The minimum atomic E-state index is -0.327. The van der Waals surface area contributed by atoms with Gasteiger partial charge in [0.05, 0.1) is 27.6 Å². The van der Waals surface area contributed by atoms with Crippen molar-refractivity contribution >= 4 is 52.3 Å². The second kappa shape index (κ2) is 7.22. The quantitative estimate of drug-likeness (QED) is 0.616. The zero-order valence-corrected chi connectivity index (χ0v) is 15.1. The molecule has 0 unspecified atom stereocenters. The van der Waals surface area contributed by atoms with Crippen LogP contribution in [0.25, 0.3) is 0 Å². The minimum absolute atomic E-state index is 0.0243. The fraction of sp³-hybridized carbons (Fsp3) is 0.471. The van der Waals surface area contributed by atoms with Crippen LogP contribution in [0.2, 0.25) is 10.0 Å². The fourth-order valence-electron chi connectivity index (χ4n) is 3.54. The topological polar surface area (TPSA) is 92.5 Å². The Kier molecular flexibility index (Phi) is 5.20. The van der Waals surface area contributed by atoms with Crippen molar-refractivity contribution in [3.63, 3.8) is 0 Å². The third-order valence-corrected chi connectivity index (χ3v) is 5.48. The number of likely N-dealkylation sites (tertiary alicyclic amines) is 1. The van der Waals surface area contributed by atoms with E-state index in [1.807, 2.05) is 0 Å². The lowest BCUT2D eigenvalue weighted by Crippen LogP contribution is -2.34. The predicted octanol–water partition coefficient (Wildman–Crippen LogP) is 3.08. The Balaban J connectivity index is 1.59. The van der Waals surface area contributed by atoms with Crippen LogP contribution < -0.4 is 11.1 Å². The first kappa shape index (κ1) is 18.0. The van der Waals surface area contributed by atoms with Gasteiger partial charge in [0, 0.05) is 18.7 Å². The molecule has 0 spiro atoms. The van der Waals surface area contributed by atoms with E-state index in [1.165, 1.54) is 17.0 Å². The van der Waals surface area contributed by atoms with Crippen LogP contribution in [-0.4, -0.2) is 29.2 Å². The highest BCUT2D eigenvalue weighted by molar-refractivity contribution is 6.39. The van der Waals surface area contributed by atoms with Crippen molar-refractivity contribution in [2.24, 2.45) is 11.8 Å². The lowest BCUT2D eigenvalue weighted by atomic mass is 9.81. The van der Waals surface area contributed by atoms with E-state index < -0.39 is 0 Å². The average Bonchev–Trinajstić information content (AvgIpc) is 2.82. The maximum Gasteiger partial charge on any atom is 0.233 e. The Morgan fingerprint density at radius 1 is 1.12 bits per heavy atom. The third kappa shape index (κ3) is 3.60. The number of carbonyl (C=O) groups excluding carboxylic acids is 3. The number of carbonyl (C=O) groups is 3. The van der Waals surface area contributed by atoms with Crippen LogP contribution in [0.1, 0.15) is 32.1 Å². The molecular formula is C17H19Cl2N3O3. The number of fused-ring (bicyclic) bond motifs is 1. The number of hydrogen-bond donors (Lipinski definition) is 2. The Hall–Kier alpha value is -1.79. The van der Waals surface area contributed by atoms with Crippen molar-refractivity contribution in [2.45, 2.75) is 32.1 Å². The molecule has 8 heteroatoms. The summed E-state index contributed by atoms with van der Waals surface area (Å²) in [5.74, 6) is -0.993. The highest BCUT2D eigenvalue weighted by Crippen LogP contribution is 2.38. The van der Waals surface area contributed by atoms with Crippen LogP contribution in [0.3, 0.4) is 0 Å². The van der Waals surface area contributed by atoms with Gasteiger partial charge in [0.2, 0.25) is 17.7 Å². The second-order valence-corrected chi connectivity index (χ2v) is 7.29. The molecule has 1 heterocycles. The van der Waals surface area contributed by atoms with E-state index in [0.717, 1.165) is 25.7 Å². The van der Waals surface area contributed by atoms with E-state index in [9.17, 15) is 14.4 Å². The number of nitrogen functional groups attached to an aromatic ring is 1. The van der Waals surface area contributed by atoms with Gasteiger partial charge in [-0.05, 0) is 25.0 Å². The Labute approximate surface area is 155 Å². The van der Waals surface area contributed by atoms with Crippen LogP contribution in [0, 0.1) is 11.8 Å². The molecule has 1 aromatic rings. The number of imide groups is 1. The molecule has 1 aromatic carbocycles. The number of anilines is 2. The second-order valence-electron chi connectivity index (χ2n) is 6.48. The number of hydrogen-bond acceptors (Lipinski definition) is 4. The van der Waals surface area contributed by atoms with Crippen molar-refractivity contribution in [3.05, 3.63) is 22.2 Å². The van der Waals surface area contributed by atoms with Gasteiger partial charge in [-0.1, -0.05) is 36.0 Å². The van der Waals surface area contributed by atoms with E-state index >= 15 is 0 Å². The summed E-state index contributed by atoms with van der Waals surface area (Å²) in [5, 5.41) is 3.15. The van der Waals surface area contributed by atoms with Gasteiger partial charge in [0.1, 0.15) is 0 Å². The molecule has 1 saturated heterocycles. The van der Waals surface area contributed by atoms with Crippen molar-refractivity contribution in [3.8, 4) is 0 Å². The first-order valence-electron chi connectivity index (χ1n) is 8.28. The van der Waals surface area contributed by atoms with Gasteiger partial charge in [-0.3, -0.25) is 19.3 Å². The van der Waals surface area contributed by atoms with Gasteiger partial charge >= 0.3 is 0 Å². The molecule has 3 N–H and O–H groups in total. The Morgan fingerprint density at radius 2 is 1.64 bits per heavy atom. The van der Waals surface area contributed by atoms with E-state index in [1.54, 1.807) is 0 Å². The van der Waals surface area contributed by atoms with Gasteiger partial charge in [-0.2, -0.15) is 0 Å². The maximum atomic E-state index is 12.4. The third-order valence-electron chi connectivity index (χ3n) is 4.86. The van der Waals surface area contributed by atoms with Crippen LogP contribution in [0.5, 0.6) is 0 Å². The van der Waals surface area contributed by atoms with Crippen LogP contribution in [0.15, 0.2) is 12.1 Å². The highest BCUT2D eigenvalue weighted by atomic mass is 35.5. The van der Waals surface area contributed by atoms with Crippen LogP contribution in [0.4, 0.5) is 11.4 Å². The van der Waals surface area contributed by atoms with Crippen molar-refractivity contribution in [2.75, 3.05) is 17.6 Å². The molecule has 25 heavy (non-hydrogen) atoms. The van der Waals surface area contributed by atoms with Gasteiger partial charge in [0.15, 0.2) is 0 Å². The zero-order chi connectivity index (χ0) is 18.1. The molecule has 0 aromatic heterocycles. The van der Waals surface area contributed by atoms with Gasteiger partial charge in [-0.15, -0.1) is 0 Å². The number of amides is 3. The molecule has 1 saturated carbocycles. The van der Waals surface area contributed by atoms with Gasteiger partial charge in [0.25, 0.3) is 0 Å². The Bertz CT molecular complexity index is 691. The van der Waals surface area contributed by atoms with E-state index in [-0.39, 0.29) is 58.3 Å². The number of nitrogens with two attached hydrogens (primary N) is 1. The SMILES string of the molecule is Nc1c(Cl)cc(NC(=O)CCN2C(=O)[C@@H]3CCCC[C@H]3C2=O)cc1Cl. The van der Waals surface area contributed by atoms with Gasteiger partial charge < -0.3 is 11.1 Å². The lowest BCUT2D eigenvalue weighted by molar-refractivity contribution is -0.140. The molecule has 3 rings (SSSR count). The zero-order valence-electron chi connectivity index (χ0n) is 13.6.